The molecule has 2 heterocycles. The number of nitrogens with zero attached hydrogens (tertiary/aromatic N) is 4. The Labute approximate surface area is 105 Å². The van der Waals surface area contributed by atoms with Gasteiger partial charge in [-0.1, -0.05) is 6.07 Å². The van der Waals surface area contributed by atoms with E-state index >= 15 is 0 Å². The van der Waals surface area contributed by atoms with Crippen molar-refractivity contribution in [3.05, 3.63) is 41.2 Å². The zero-order valence-corrected chi connectivity index (χ0v) is 10.6. The van der Waals surface area contributed by atoms with Gasteiger partial charge in [0.15, 0.2) is 5.82 Å². The summed E-state index contributed by atoms with van der Waals surface area (Å²) in [7, 11) is 1.71. The van der Waals surface area contributed by atoms with Crippen LogP contribution in [0.4, 0.5) is 0 Å². The SMILES string of the molecule is Cc1cccc(C(=O)N(C)Cc2n[nH]c(C)n2)n1. The molecule has 0 aliphatic carbocycles. The van der Waals surface area contributed by atoms with Crippen LogP contribution in [0, 0.1) is 13.8 Å². The largest absolute Gasteiger partial charge is 0.333 e. The van der Waals surface area contributed by atoms with Gasteiger partial charge < -0.3 is 4.90 Å². The van der Waals surface area contributed by atoms with Crippen LogP contribution in [0.5, 0.6) is 0 Å². The summed E-state index contributed by atoms with van der Waals surface area (Å²) < 4.78 is 0. The Balaban J connectivity index is 2.09. The molecule has 2 aromatic rings. The maximum Gasteiger partial charge on any atom is 0.272 e. The van der Waals surface area contributed by atoms with Gasteiger partial charge in [0.2, 0.25) is 0 Å². The third kappa shape index (κ3) is 2.71. The van der Waals surface area contributed by atoms with Crippen LogP contribution in [0.25, 0.3) is 0 Å². The number of pyridine rings is 1. The van der Waals surface area contributed by atoms with Gasteiger partial charge in [-0.15, -0.1) is 0 Å². The lowest BCUT2D eigenvalue weighted by atomic mass is 10.3. The van der Waals surface area contributed by atoms with Gasteiger partial charge >= 0.3 is 0 Å². The second kappa shape index (κ2) is 4.95. The normalized spacial score (nSPS) is 10.4. The summed E-state index contributed by atoms with van der Waals surface area (Å²) in [6, 6.07) is 5.38. The highest BCUT2D eigenvalue weighted by Crippen LogP contribution is 2.04. The first kappa shape index (κ1) is 12.2. The van der Waals surface area contributed by atoms with E-state index in [0.29, 0.717) is 18.1 Å². The van der Waals surface area contributed by atoms with Gasteiger partial charge in [-0.05, 0) is 26.0 Å². The molecule has 0 saturated heterocycles. The second-order valence-electron chi connectivity index (χ2n) is 4.16. The molecule has 0 spiro atoms. The summed E-state index contributed by atoms with van der Waals surface area (Å²) >= 11 is 0. The molecule has 6 heteroatoms. The fourth-order valence-electron chi connectivity index (χ4n) is 1.60. The number of aryl methyl sites for hydroxylation is 2. The highest BCUT2D eigenvalue weighted by atomic mass is 16.2. The van der Waals surface area contributed by atoms with E-state index in [1.54, 1.807) is 18.0 Å². The minimum absolute atomic E-state index is 0.138. The minimum Gasteiger partial charge on any atom is -0.333 e. The van der Waals surface area contributed by atoms with Crippen molar-refractivity contribution in [2.24, 2.45) is 0 Å². The van der Waals surface area contributed by atoms with Crippen LogP contribution in [0.3, 0.4) is 0 Å². The molecule has 94 valence electrons. The molecule has 0 atom stereocenters. The van der Waals surface area contributed by atoms with E-state index in [9.17, 15) is 4.79 Å². The molecular formula is C12H15N5O. The van der Waals surface area contributed by atoms with Gasteiger partial charge in [0.1, 0.15) is 11.5 Å². The summed E-state index contributed by atoms with van der Waals surface area (Å²) in [5.41, 5.74) is 1.26. The lowest BCUT2D eigenvalue weighted by Gasteiger charge is -2.14. The molecule has 0 fully saturated rings. The minimum atomic E-state index is -0.138. The Morgan fingerprint density at radius 3 is 2.72 bits per heavy atom. The van der Waals surface area contributed by atoms with E-state index in [4.69, 9.17) is 0 Å². The highest BCUT2D eigenvalue weighted by Gasteiger charge is 2.15. The van der Waals surface area contributed by atoms with Crippen molar-refractivity contribution >= 4 is 5.91 Å². The Kier molecular flexibility index (Phi) is 3.36. The first-order valence-electron chi connectivity index (χ1n) is 5.63. The van der Waals surface area contributed by atoms with Crippen LogP contribution < -0.4 is 0 Å². The first-order valence-corrected chi connectivity index (χ1v) is 5.63. The molecule has 0 aliphatic heterocycles. The van der Waals surface area contributed by atoms with Crippen LogP contribution in [-0.2, 0) is 6.54 Å². The summed E-state index contributed by atoms with van der Waals surface area (Å²) in [4.78, 5) is 22.0. The Bertz CT molecular complexity index is 563. The number of hydrogen-bond acceptors (Lipinski definition) is 4. The molecule has 1 amide bonds. The van der Waals surface area contributed by atoms with Gasteiger partial charge in [-0.25, -0.2) is 9.97 Å². The number of hydrogen-bond donors (Lipinski definition) is 1. The monoisotopic (exact) mass is 245 g/mol. The lowest BCUT2D eigenvalue weighted by molar-refractivity contribution is 0.0775. The predicted molar refractivity (Wildman–Crippen MR) is 65.9 cm³/mol. The topological polar surface area (TPSA) is 74.8 Å². The average molecular weight is 245 g/mol. The highest BCUT2D eigenvalue weighted by molar-refractivity contribution is 5.92. The lowest BCUT2D eigenvalue weighted by Crippen LogP contribution is -2.27. The number of carbonyl (C=O) groups is 1. The zero-order chi connectivity index (χ0) is 13.1. The van der Waals surface area contributed by atoms with Crippen molar-refractivity contribution in [1.82, 2.24) is 25.1 Å². The Hall–Kier alpha value is -2.24. The molecular weight excluding hydrogens is 230 g/mol. The van der Waals surface area contributed by atoms with Crippen molar-refractivity contribution in [2.45, 2.75) is 20.4 Å². The van der Waals surface area contributed by atoms with Crippen molar-refractivity contribution in [1.29, 1.82) is 0 Å². The average Bonchev–Trinajstić information content (AvgIpc) is 2.73. The fraction of sp³-hybridized carbons (Fsp3) is 0.333. The quantitative estimate of drug-likeness (QED) is 0.878. The van der Waals surface area contributed by atoms with E-state index in [2.05, 4.69) is 20.2 Å². The van der Waals surface area contributed by atoms with Gasteiger partial charge in [0.25, 0.3) is 5.91 Å². The number of aromatic nitrogens is 4. The molecule has 0 aromatic carbocycles. The Morgan fingerprint density at radius 1 is 1.33 bits per heavy atom. The van der Waals surface area contributed by atoms with E-state index in [1.165, 1.54) is 0 Å². The predicted octanol–water partition coefficient (Wildman–Crippen LogP) is 1.09. The molecule has 1 N–H and O–H groups in total. The smallest absolute Gasteiger partial charge is 0.272 e. The summed E-state index contributed by atoms with van der Waals surface area (Å²) in [6.07, 6.45) is 0. The number of nitrogens with one attached hydrogen (secondary N) is 1. The van der Waals surface area contributed by atoms with Crippen molar-refractivity contribution in [3.63, 3.8) is 0 Å². The molecule has 0 saturated carbocycles. The van der Waals surface area contributed by atoms with Gasteiger partial charge in [0, 0.05) is 12.7 Å². The van der Waals surface area contributed by atoms with Crippen molar-refractivity contribution in [3.8, 4) is 0 Å². The molecule has 2 rings (SSSR count). The van der Waals surface area contributed by atoms with E-state index in [0.717, 1.165) is 11.5 Å². The van der Waals surface area contributed by atoms with Crippen LogP contribution in [0.1, 0.15) is 27.8 Å². The number of H-pyrrole nitrogens is 1. The molecule has 0 bridgehead atoms. The molecule has 0 radical (unpaired) electrons. The summed E-state index contributed by atoms with van der Waals surface area (Å²) in [5, 5.41) is 6.75. The molecule has 2 aromatic heterocycles. The third-order valence-electron chi connectivity index (χ3n) is 2.48. The second-order valence-corrected chi connectivity index (χ2v) is 4.16. The van der Waals surface area contributed by atoms with Crippen LogP contribution in [0.2, 0.25) is 0 Å². The molecule has 18 heavy (non-hydrogen) atoms. The van der Waals surface area contributed by atoms with Gasteiger partial charge in [-0.2, -0.15) is 5.10 Å². The zero-order valence-electron chi connectivity index (χ0n) is 10.6. The van der Waals surface area contributed by atoms with Gasteiger partial charge in [0.05, 0.1) is 6.54 Å². The number of amides is 1. The summed E-state index contributed by atoms with van der Waals surface area (Å²) in [5.74, 6) is 1.19. The van der Waals surface area contributed by atoms with Crippen LogP contribution >= 0.6 is 0 Å². The fourth-order valence-corrected chi connectivity index (χ4v) is 1.60. The summed E-state index contributed by atoms with van der Waals surface area (Å²) in [6.45, 7) is 4.04. The molecule has 6 nitrogen and oxygen atoms in total. The molecule has 0 unspecified atom stereocenters. The molecule has 0 aliphatic rings. The van der Waals surface area contributed by atoms with E-state index in [-0.39, 0.29) is 5.91 Å². The standard InChI is InChI=1S/C12H15N5O/c1-8-5-4-6-10(13-8)12(18)17(3)7-11-14-9(2)15-16-11/h4-6H,7H2,1-3H3,(H,14,15,16). The Morgan fingerprint density at radius 2 is 2.11 bits per heavy atom. The first-order chi connectivity index (χ1) is 8.56. The van der Waals surface area contributed by atoms with Crippen molar-refractivity contribution in [2.75, 3.05) is 7.05 Å². The number of rotatable bonds is 3. The third-order valence-corrected chi connectivity index (χ3v) is 2.48. The maximum atomic E-state index is 12.1. The van der Waals surface area contributed by atoms with Gasteiger partial charge in [-0.3, -0.25) is 9.89 Å². The van der Waals surface area contributed by atoms with E-state index < -0.39 is 0 Å². The van der Waals surface area contributed by atoms with Crippen molar-refractivity contribution < 1.29 is 4.79 Å². The van der Waals surface area contributed by atoms with Crippen LogP contribution in [0.15, 0.2) is 18.2 Å². The number of carbonyl (C=O) groups excluding carboxylic acids is 1. The van der Waals surface area contributed by atoms with E-state index in [1.807, 2.05) is 26.0 Å². The van der Waals surface area contributed by atoms with Crippen LogP contribution in [-0.4, -0.2) is 38.0 Å². The number of aromatic amines is 1. The maximum absolute atomic E-state index is 12.1.